The van der Waals surface area contributed by atoms with Crippen molar-refractivity contribution in [3.8, 4) is 5.75 Å². The normalized spacial score (nSPS) is 10.4. The van der Waals surface area contributed by atoms with E-state index in [9.17, 15) is 17.7 Å². The van der Waals surface area contributed by atoms with E-state index in [1.807, 2.05) is 0 Å². The molecular weight excluding hydrogens is 263 g/mol. The van der Waals surface area contributed by atoms with Crippen LogP contribution >= 0.6 is 0 Å². The molecule has 0 aliphatic heterocycles. The van der Waals surface area contributed by atoms with Crippen LogP contribution in [0.3, 0.4) is 0 Å². The molecule has 0 radical (unpaired) electrons. The third-order valence-electron chi connectivity index (χ3n) is 2.02. The molecule has 0 bridgehead atoms. The average Bonchev–Trinajstić information content (AvgIpc) is 2.26. The molecule has 0 saturated heterocycles. The first-order chi connectivity index (χ1) is 7.40. The number of rotatable bonds is 3. The SMILES string of the molecule is COC(=O)c1ccc(OC)cc1[B-](F)(F)F.[K+]. The van der Waals surface area contributed by atoms with Gasteiger partial charge in [0.1, 0.15) is 5.75 Å². The maximum Gasteiger partial charge on any atom is 1.00 e. The molecule has 17 heavy (non-hydrogen) atoms. The van der Waals surface area contributed by atoms with E-state index in [1.54, 1.807) is 0 Å². The molecule has 3 nitrogen and oxygen atoms in total. The predicted octanol–water partition coefficient (Wildman–Crippen LogP) is -1.46. The largest absolute Gasteiger partial charge is 1.00 e. The number of carbonyl (C=O) groups excluding carboxylic acids is 1. The Morgan fingerprint density at radius 2 is 1.82 bits per heavy atom. The summed E-state index contributed by atoms with van der Waals surface area (Å²) < 4.78 is 46.9. The molecule has 0 fully saturated rings. The van der Waals surface area contributed by atoms with Crippen LogP contribution < -0.4 is 61.6 Å². The van der Waals surface area contributed by atoms with Crippen molar-refractivity contribution in [2.45, 2.75) is 0 Å². The van der Waals surface area contributed by atoms with Gasteiger partial charge in [-0.05, 0) is 18.2 Å². The molecule has 1 rings (SSSR count). The molecule has 0 N–H and O–H groups in total. The van der Waals surface area contributed by atoms with Crippen LogP contribution in [-0.2, 0) is 4.74 Å². The standard InChI is InChI=1S/C9H9BF3O3.K/c1-15-6-3-4-7(9(14)16-2)8(5-6)10(11,12)13;/h3-5H,1-2H3;/q-1;+1. The third kappa shape index (κ3) is 4.29. The van der Waals surface area contributed by atoms with Crippen molar-refractivity contribution in [1.82, 2.24) is 0 Å². The van der Waals surface area contributed by atoms with E-state index in [0.717, 1.165) is 19.2 Å². The Bertz CT molecular complexity index is 409. The maximum atomic E-state index is 12.7. The summed E-state index contributed by atoms with van der Waals surface area (Å²) in [5, 5.41) is 0. The van der Waals surface area contributed by atoms with Crippen LogP contribution in [0.5, 0.6) is 5.75 Å². The Kier molecular flexibility index (Phi) is 6.78. The van der Waals surface area contributed by atoms with Gasteiger partial charge >= 0.3 is 64.3 Å². The molecule has 0 heterocycles. The molecule has 0 aliphatic rings. The van der Waals surface area contributed by atoms with Crippen molar-refractivity contribution in [3.05, 3.63) is 23.8 Å². The van der Waals surface area contributed by atoms with Crippen molar-refractivity contribution >= 4 is 18.4 Å². The summed E-state index contributed by atoms with van der Waals surface area (Å²) in [7, 11) is 2.28. The van der Waals surface area contributed by atoms with Gasteiger partial charge < -0.3 is 22.4 Å². The number of hydrogen-bond donors (Lipinski definition) is 0. The number of benzene rings is 1. The Hall–Kier alpha value is -0.0187. The molecule has 0 saturated carbocycles. The van der Waals surface area contributed by atoms with Crippen molar-refractivity contribution in [2.24, 2.45) is 0 Å². The molecule has 0 unspecified atom stereocenters. The van der Waals surface area contributed by atoms with Crippen molar-refractivity contribution in [3.63, 3.8) is 0 Å². The number of esters is 1. The number of methoxy groups -OCH3 is 2. The zero-order valence-corrected chi connectivity index (χ0v) is 12.8. The zero-order chi connectivity index (χ0) is 12.3. The van der Waals surface area contributed by atoms with Gasteiger partial charge in [-0.3, -0.25) is 0 Å². The first-order valence-electron chi connectivity index (χ1n) is 4.36. The minimum Gasteiger partial charge on any atom is -0.497 e. The first-order valence-corrected chi connectivity index (χ1v) is 4.36. The monoisotopic (exact) mass is 272 g/mol. The van der Waals surface area contributed by atoms with Crippen LogP contribution in [-0.4, -0.2) is 27.2 Å². The molecule has 0 atom stereocenters. The Morgan fingerprint density at radius 1 is 1.24 bits per heavy atom. The second-order valence-corrected chi connectivity index (χ2v) is 3.02. The smallest absolute Gasteiger partial charge is 0.497 e. The molecule has 1 aromatic rings. The van der Waals surface area contributed by atoms with Gasteiger partial charge in [0, 0.05) is 5.56 Å². The zero-order valence-electron chi connectivity index (χ0n) is 9.67. The van der Waals surface area contributed by atoms with Gasteiger partial charge in [0.25, 0.3) is 0 Å². The van der Waals surface area contributed by atoms with Crippen LogP contribution in [0.2, 0.25) is 0 Å². The van der Waals surface area contributed by atoms with Gasteiger partial charge in [-0.1, -0.05) is 5.46 Å². The van der Waals surface area contributed by atoms with Gasteiger partial charge in [-0.15, -0.1) is 0 Å². The minimum atomic E-state index is -5.28. The van der Waals surface area contributed by atoms with Gasteiger partial charge in [-0.25, -0.2) is 4.79 Å². The first kappa shape index (κ1) is 17.0. The molecule has 0 spiro atoms. The average molecular weight is 272 g/mol. The van der Waals surface area contributed by atoms with Crippen LogP contribution in [0, 0.1) is 0 Å². The Balaban J connectivity index is 0.00000256. The fourth-order valence-electron chi connectivity index (χ4n) is 1.23. The van der Waals surface area contributed by atoms with Crippen LogP contribution in [0.15, 0.2) is 18.2 Å². The summed E-state index contributed by atoms with van der Waals surface area (Å²) in [6, 6.07) is 3.10. The van der Waals surface area contributed by atoms with E-state index in [0.29, 0.717) is 0 Å². The Labute approximate surface area is 139 Å². The van der Waals surface area contributed by atoms with E-state index >= 15 is 0 Å². The van der Waals surface area contributed by atoms with Crippen molar-refractivity contribution in [2.75, 3.05) is 14.2 Å². The summed E-state index contributed by atoms with van der Waals surface area (Å²) in [4.78, 5) is 11.1. The maximum absolute atomic E-state index is 12.7. The number of halogens is 3. The quantitative estimate of drug-likeness (QED) is 0.498. The number of ether oxygens (including phenoxy) is 2. The fraction of sp³-hybridized carbons (Fsp3) is 0.222. The van der Waals surface area contributed by atoms with Gasteiger partial charge in [0.15, 0.2) is 0 Å². The van der Waals surface area contributed by atoms with Gasteiger partial charge in [-0.2, -0.15) is 0 Å². The predicted molar refractivity (Wildman–Crippen MR) is 53.0 cm³/mol. The summed E-state index contributed by atoms with van der Waals surface area (Å²) in [5.41, 5.74) is -1.51. The second kappa shape index (κ2) is 6.79. The molecule has 1 aromatic carbocycles. The van der Waals surface area contributed by atoms with Gasteiger partial charge in [0.05, 0.1) is 14.2 Å². The van der Waals surface area contributed by atoms with E-state index in [4.69, 9.17) is 0 Å². The molecular formula is C9H9BF3KO3. The molecule has 0 aromatic heterocycles. The van der Waals surface area contributed by atoms with Crippen LogP contribution in [0.1, 0.15) is 10.4 Å². The van der Waals surface area contributed by atoms with Gasteiger partial charge in [0.2, 0.25) is 0 Å². The minimum absolute atomic E-state index is 0. The number of carbonyl (C=O) groups is 1. The number of hydrogen-bond acceptors (Lipinski definition) is 3. The summed E-state index contributed by atoms with van der Waals surface area (Å²) >= 11 is 0. The van der Waals surface area contributed by atoms with E-state index < -0.39 is 24.0 Å². The van der Waals surface area contributed by atoms with E-state index in [2.05, 4.69) is 9.47 Å². The van der Waals surface area contributed by atoms with Crippen LogP contribution in [0.25, 0.3) is 0 Å². The molecule has 8 heteroatoms. The summed E-state index contributed by atoms with van der Waals surface area (Å²) in [6.45, 7) is -5.28. The summed E-state index contributed by atoms with van der Waals surface area (Å²) in [6.07, 6.45) is 0. The van der Waals surface area contributed by atoms with Crippen molar-refractivity contribution < 1.29 is 78.6 Å². The molecule has 0 amide bonds. The summed E-state index contributed by atoms with van der Waals surface area (Å²) in [5.74, 6) is -0.973. The van der Waals surface area contributed by atoms with E-state index in [-0.39, 0.29) is 57.1 Å². The molecule has 88 valence electrons. The topological polar surface area (TPSA) is 35.5 Å². The Morgan fingerprint density at radius 3 is 2.24 bits per heavy atom. The third-order valence-corrected chi connectivity index (χ3v) is 2.02. The fourth-order valence-corrected chi connectivity index (χ4v) is 1.23. The van der Waals surface area contributed by atoms with Crippen LogP contribution in [0.4, 0.5) is 12.9 Å². The second-order valence-electron chi connectivity index (χ2n) is 3.02. The van der Waals surface area contributed by atoms with Crippen molar-refractivity contribution in [1.29, 1.82) is 0 Å². The molecule has 0 aliphatic carbocycles. The van der Waals surface area contributed by atoms with E-state index in [1.165, 1.54) is 13.2 Å².